The van der Waals surface area contributed by atoms with Crippen molar-refractivity contribution in [3.05, 3.63) is 24.3 Å². The molecule has 0 atom stereocenters. The van der Waals surface area contributed by atoms with Gasteiger partial charge in [0.1, 0.15) is 5.75 Å². The molecular formula is C26H39N3O2. The number of nitrogens with one attached hydrogen (secondary N) is 1. The SMILES string of the molecule is COc1ccccc1N1CCN(CCCCNC(=O)C23CC4CC(CC(C4)C2)C3)CC1. The summed E-state index contributed by atoms with van der Waals surface area (Å²) in [5, 5.41) is 3.34. The number of rotatable bonds is 8. The summed E-state index contributed by atoms with van der Waals surface area (Å²) >= 11 is 0. The van der Waals surface area contributed by atoms with Crippen molar-refractivity contribution in [3.63, 3.8) is 0 Å². The molecule has 6 rings (SSSR count). The standard InChI is InChI=1S/C26H39N3O2/c1-31-24-7-3-2-6-23(24)29-12-10-28(11-13-29)9-5-4-8-27-25(30)26-17-20-14-21(18-26)16-22(15-20)19-26/h2-3,6-7,20-22H,4-5,8-19H2,1H3,(H,27,30). The number of anilines is 1. The molecule has 0 aromatic heterocycles. The van der Waals surface area contributed by atoms with E-state index in [1.807, 2.05) is 12.1 Å². The lowest BCUT2D eigenvalue weighted by Gasteiger charge is -2.55. The highest BCUT2D eigenvalue weighted by molar-refractivity contribution is 5.83. The van der Waals surface area contributed by atoms with E-state index in [0.29, 0.717) is 5.91 Å². The summed E-state index contributed by atoms with van der Waals surface area (Å²) < 4.78 is 5.52. The van der Waals surface area contributed by atoms with Crippen LogP contribution in [0.25, 0.3) is 0 Å². The Morgan fingerprint density at radius 2 is 1.65 bits per heavy atom. The number of carbonyl (C=O) groups is 1. The van der Waals surface area contributed by atoms with Gasteiger partial charge in [-0.2, -0.15) is 0 Å². The Labute approximate surface area is 187 Å². The lowest BCUT2D eigenvalue weighted by atomic mass is 9.49. The van der Waals surface area contributed by atoms with E-state index in [1.165, 1.54) is 44.2 Å². The van der Waals surface area contributed by atoms with Crippen molar-refractivity contribution in [3.8, 4) is 5.75 Å². The van der Waals surface area contributed by atoms with Gasteiger partial charge in [0.2, 0.25) is 5.91 Å². The zero-order valence-electron chi connectivity index (χ0n) is 19.2. The Morgan fingerprint density at radius 3 is 2.29 bits per heavy atom. The number of nitrogens with zero attached hydrogens (tertiary/aromatic N) is 2. The van der Waals surface area contributed by atoms with Crippen LogP contribution in [-0.4, -0.2) is 57.2 Å². The van der Waals surface area contributed by atoms with Crippen LogP contribution in [0.3, 0.4) is 0 Å². The second-order valence-corrected chi connectivity index (χ2v) is 10.7. The summed E-state index contributed by atoms with van der Waals surface area (Å²) in [5.41, 5.74) is 1.21. The maximum atomic E-state index is 13.0. The summed E-state index contributed by atoms with van der Waals surface area (Å²) in [6.45, 7) is 6.26. The molecule has 4 bridgehead atoms. The summed E-state index contributed by atoms with van der Waals surface area (Å²) in [7, 11) is 1.75. The first-order chi connectivity index (χ1) is 15.1. The number of carbonyl (C=O) groups excluding carboxylic acids is 1. The maximum Gasteiger partial charge on any atom is 0.226 e. The molecule has 5 aliphatic rings. The Hall–Kier alpha value is -1.75. The van der Waals surface area contributed by atoms with E-state index in [9.17, 15) is 4.79 Å². The first kappa shape index (κ1) is 21.1. The molecule has 5 fully saturated rings. The van der Waals surface area contributed by atoms with E-state index in [-0.39, 0.29) is 5.41 Å². The van der Waals surface area contributed by atoms with Crippen molar-refractivity contribution in [1.82, 2.24) is 10.2 Å². The van der Waals surface area contributed by atoms with Gasteiger partial charge in [-0.25, -0.2) is 0 Å². The highest BCUT2D eigenvalue weighted by atomic mass is 16.5. The van der Waals surface area contributed by atoms with Gasteiger partial charge in [-0.1, -0.05) is 12.1 Å². The maximum absolute atomic E-state index is 13.0. The molecule has 0 radical (unpaired) electrons. The van der Waals surface area contributed by atoms with E-state index in [1.54, 1.807) is 7.11 Å². The van der Waals surface area contributed by atoms with Crippen molar-refractivity contribution in [1.29, 1.82) is 0 Å². The van der Waals surface area contributed by atoms with Crippen molar-refractivity contribution in [2.24, 2.45) is 23.2 Å². The van der Waals surface area contributed by atoms with Crippen LogP contribution in [0.2, 0.25) is 0 Å². The topological polar surface area (TPSA) is 44.8 Å². The quantitative estimate of drug-likeness (QED) is 0.641. The third kappa shape index (κ3) is 4.44. The van der Waals surface area contributed by atoms with Crippen molar-refractivity contribution in [2.45, 2.75) is 51.4 Å². The zero-order valence-corrected chi connectivity index (χ0v) is 19.2. The van der Waals surface area contributed by atoms with Crippen molar-refractivity contribution >= 4 is 11.6 Å². The number of hydrogen-bond acceptors (Lipinski definition) is 4. The average molecular weight is 426 g/mol. The lowest BCUT2D eigenvalue weighted by Crippen LogP contribution is -2.53. The molecule has 1 amide bonds. The van der Waals surface area contributed by atoms with Gasteiger partial charge in [0.25, 0.3) is 0 Å². The molecule has 1 aromatic rings. The van der Waals surface area contributed by atoms with Gasteiger partial charge < -0.3 is 15.0 Å². The van der Waals surface area contributed by atoms with Crippen LogP contribution in [0, 0.1) is 23.2 Å². The predicted octanol–water partition coefficient (Wildman–Crippen LogP) is 3.93. The van der Waals surface area contributed by atoms with E-state index in [4.69, 9.17) is 4.74 Å². The van der Waals surface area contributed by atoms with Crippen molar-refractivity contribution < 1.29 is 9.53 Å². The number of hydrogen-bond donors (Lipinski definition) is 1. The van der Waals surface area contributed by atoms with Crippen molar-refractivity contribution in [2.75, 3.05) is 51.3 Å². The first-order valence-electron chi connectivity index (χ1n) is 12.5. The van der Waals surface area contributed by atoms with Crippen LogP contribution in [0.1, 0.15) is 51.4 Å². The molecule has 0 unspecified atom stereocenters. The second-order valence-electron chi connectivity index (χ2n) is 10.7. The molecule has 31 heavy (non-hydrogen) atoms. The van der Waals surface area contributed by atoms with Gasteiger partial charge in [-0.3, -0.25) is 9.69 Å². The lowest BCUT2D eigenvalue weighted by molar-refractivity contribution is -0.146. The Bertz CT molecular complexity index is 736. The van der Waals surface area contributed by atoms with E-state index >= 15 is 0 Å². The van der Waals surface area contributed by atoms with Gasteiger partial charge in [0.05, 0.1) is 12.8 Å². The van der Waals surface area contributed by atoms with Crippen LogP contribution in [0.5, 0.6) is 5.75 Å². The Balaban J connectivity index is 1.00. The molecule has 1 aromatic carbocycles. The molecule has 0 spiro atoms. The minimum atomic E-state index is 0.00355. The minimum Gasteiger partial charge on any atom is -0.495 e. The Morgan fingerprint density at radius 1 is 1.00 bits per heavy atom. The smallest absolute Gasteiger partial charge is 0.226 e. The molecule has 4 aliphatic carbocycles. The highest BCUT2D eigenvalue weighted by Crippen LogP contribution is 2.60. The third-order valence-electron chi connectivity index (χ3n) is 8.50. The van der Waals surface area contributed by atoms with Gasteiger partial charge in [0, 0.05) is 38.1 Å². The summed E-state index contributed by atoms with van der Waals surface area (Å²) in [5.74, 6) is 3.87. The molecule has 5 nitrogen and oxygen atoms in total. The fraction of sp³-hybridized carbons (Fsp3) is 0.731. The predicted molar refractivity (Wildman–Crippen MR) is 124 cm³/mol. The van der Waals surface area contributed by atoms with E-state index in [0.717, 1.165) is 75.6 Å². The molecule has 1 N–H and O–H groups in total. The van der Waals surface area contributed by atoms with Gasteiger partial charge in [0.15, 0.2) is 0 Å². The number of unbranched alkanes of at least 4 members (excludes halogenated alkanes) is 1. The minimum absolute atomic E-state index is 0.00355. The van der Waals surface area contributed by atoms with Gasteiger partial charge >= 0.3 is 0 Å². The van der Waals surface area contributed by atoms with Gasteiger partial charge in [-0.15, -0.1) is 0 Å². The summed E-state index contributed by atoms with van der Waals surface area (Å²) in [6, 6.07) is 8.31. The van der Waals surface area contributed by atoms with Crippen LogP contribution < -0.4 is 15.0 Å². The van der Waals surface area contributed by atoms with E-state index in [2.05, 4.69) is 27.2 Å². The number of para-hydroxylation sites is 2. The van der Waals surface area contributed by atoms with Gasteiger partial charge in [-0.05, 0) is 87.8 Å². The summed E-state index contributed by atoms with van der Waals surface area (Å²) in [6.07, 6.45) is 9.95. The molecular weight excluding hydrogens is 386 g/mol. The molecule has 4 saturated carbocycles. The molecule has 1 saturated heterocycles. The fourth-order valence-corrected chi connectivity index (χ4v) is 7.34. The first-order valence-corrected chi connectivity index (χ1v) is 12.5. The normalized spacial score (nSPS) is 32.3. The second kappa shape index (κ2) is 9.01. The zero-order chi connectivity index (χ0) is 21.3. The molecule has 1 aliphatic heterocycles. The highest BCUT2D eigenvalue weighted by Gasteiger charge is 2.54. The van der Waals surface area contributed by atoms with Crippen LogP contribution in [0.15, 0.2) is 24.3 Å². The monoisotopic (exact) mass is 425 g/mol. The molecule has 1 heterocycles. The third-order valence-corrected chi connectivity index (χ3v) is 8.50. The number of amides is 1. The fourth-order valence-electron chi connectivity index (χ4n) is 7.34. The molecule has 170 valence electrons. The number of ether oxygens (including phenoxy) is 1. The van der Waals surface area contributed by atoms with Crippen LogP contribution in [-0.2, 0) is 4.79 Å². The van der Waals surface area contributed by atoms with Crippen LogP contribution >= 0.6 is 0 Å². The average Bonchev–Trinajstić information content (AvgIpc) is 2.78. The number of methoxy groups -OCH3 is 1. The summed E-state index contributed by atoms with van der Waals surface area (Å²) in [4.78, 5) is 18.0. The number of piperazine rings is 1. The molecule has 5 heteroatoms. The van der Waals surface area contributed by atoms with Crippen LogP contribution in [0.4, 0.5) is 5.69 Å². The van der Waals surface area contributed by atoms with E-state index < -0.39 is 0 Å². The Kier molecular flexibility index (Phi) is 6.14. The number of benzene rings is 1. The largest absolute Gasteiger partial charge is 0.495 e.